The molecule has 0 fully saturated rings. The predicted molar refractivity (Wildman–Crippen MR) is 205 cm³/mol. The van der Waals surface area contributed by atoms with Crippen molar-refractivity contribution in [3.63, 3.8) is 0 Å². The van der Waals surface area contributed by atoms with Gasteiger partial charge in [0.15, 0.2) is 0 Å². The second-order valence-corrected chi connectivity index (χ2v) is 13.9. The zero-order valence-corrected chi connectivity index (χ0v) is 46.0. The van der Waals surface area contributed by atoms with Crippen LogP contribution in [0, 0.1) is 13.8 Å². The van der Waals surface area contributed by atoms with E-state index >= 15 is 0 Å². The first kappa shape index (κ1) is 106. The fraction of sp³-hybridized carbons (Fsp3) is 0.350. The SMILES string of the molecule is Cc1ccncn1.Cc1ccncn1.O=C(/C=C(\[O-])C(F)(F)F)C(F)(F)F.O=C(/C=C(\[O-])C(F)(F)F)C(F)(F)F.O=C(/C=C(\[O-])C(F)(F)F)C(F)(F)F.O=C(/C=C(\[O-])C(F)(F)F)C(F)(F)F.O=C(/C=C(\[O-])C(F)(F)F)C(F)(F)F.O=C(/C=C(\[O-])C(F)(F)F)C(F)(F)F.[Cu+2].[Cu+2].[Cu+2]. The van der Waals surface area contributed by atoms with Gasteiger partial charge < -0.3 is 30.6 Å². The number of allylic oxidation sites excluding steroid dienone is 12. The number of hydrogen-bond donors (Lipinski definition) is 0. The third-order valence-corrected chi connectivity index (χ3v) is 6.39. The average Bonchev–Trinajstić information content (AvgIpc) is 0.928. The van der Waals surface area contributed by atoms with Gasteiger partial charge in [-0.25, -0.2) is 19.9 Å². The monoisotopic (exact) mass is 1620 g/mol. The zero-order chi connectivity index (χ0) is 75.4. The number of rotatable bonds is 6. The van der Waals surface area contributed by atoms with Crippen LogP contribution in [0.3, 0.4) is 0 Å². The molecular weight excluding hydrogens is 1600 g/mol. The van der Waals surface area contributed by atoms with E-state index in [4.69, 9.17) is 0 Å². The number of alkyl halides is 36. The molecule has 0 amide bonds. The van der Waals surface area contributed by atoms with Gasteiger partial charge in [0.1, 0.15) is 12.7 Å². The number of nitrogens with zero attached hydrogens (tertiary/aromatic N) is 4. The van der Waals surface area contributed by atoms with E-state index in [0.29, 0.717) is 0 Å². The summed E-state index contributed by atoms with van der Waals surface area (Å²) in [5.74, 6) is -33.9. The Balaban J connectivity index is -0.000000127. The van der Waals surface area contributed by atoms with E-state index in [2.05, 4.69) is 19.9 Å². The van der Waals surface area contributed by atoms with Crippen molar-refractivity contribution in [1.82, 2.24) is 19.9 Å². The van der Waals surface area contributed by atoms with Gasteiger partial charge in [0.05, 0.1) is 0 Å². The zero-order valence-electron chi connectivity index (χ0n) is 43.1. The molecule has 0 N–H and O–H groups in total. The molecule has 0 saturated heterocycles. The molecule has 0 aromatic carbocycles. The van der Waals surface area contributed by atoms with Crippen LogP contribution < -0.4 is 30.6 Å². The summed E-state index contributed by atoms with van der Waals surface area (Å²) in [4.78, 5) is 74.1. The number of aromatic nitrogens is 4. The molecular formula is C40H18Cu3F36N4O12. The Morgan fingerprint density at radius 2 is 0.379 bits per heavy atom. The number of aryl methyl sites for hydroxylation is 2. The third kappa shape index (κ3) is 56.5. The Labute approximate surface area is 529 Å². The summed E-state index contributed by atoms with van der Waals surface area (Å²) in [7, 11) is 0. The van der Waals surface area contributed by atoms with Crippen LogP contribution in [0.2, 0.25) is 0 Å². The largest absolute Gasteiger partial charge is 2.00 e. The smallest absolute Gasteiger partial charge is 0.869 e. The van der Waals surface area contributed by atoms with Gasteiger partial charge in [0.2, 0.25) is 0 Å². The first-order chi connectivity index (χ1) is 40.1. The van der Waals surface area contributed by atoms with E-state index in [1.54, 1.807) is 12.4 Å². The summed E-state index contributed by atoms with van der Waals surface area (Å²) in [5, 5.41) is 58.9. The van der Waals surface area contributed by atoms with Crippen molar-refractivity contribution in [2.45, 2.75) is 88.0 Å². The van der Waals surface area contributed by atoms with E-state index in [1.165, 1.54) is 12.7 Å². The predicted octanol–water partition coefficient (Wildman–Crippen LogP) is 7.11. The topological polar surface area (TPSA) is 292 Å². The molecule has 0 aliphatic carbocycles. The van der Waals surface area contributed by atoms with Crippen molar-refractivity contribution in [3.8, 4) is 0 Å². The summed E-state index contributed by atoms with van der Waals surface area (Å²) >= 11 is 0. The van der Waals surface area contributed by atoms with Gasteiger partial charge in [0, 0.05) is 23.8 Å². The van der Waals surface area contributed by atoms with E-state index in [1.807, 2.05) is 26.0 Å². The molecule has 2 aromatic rings. The maximum absolute atomic E-state index is 11.3. The third-order valence-electron chi connectivity index (χ3n) is 6.39. The van der Waals surface area contributed by atoms with Crippen LogP contribution in [0.4, 0.5) is 158 Å². The van der Waals surface area contributed by atoms with Crippen LogP contribution in [-0.2, 0) is 80.0 Å². The Morgan fingerprint density at radius 1 is 0.263 bits per heavy atom. The first-order valence-electron chi connectivity index (χ1n) is 20.0. The number of carbonyl (C=O) groups excluding carboxylic acids is 6. The van der Waals surface area contributed by atoms with Crippen molar-refractivity contribution >= 4 is 34.7 Å². The number of halogens is 36. The van der Waals surface area contributed by atoms with Gasteiger partial charge in [-0.05, 0) is 97.0 Å². The molecule has 0 aliphatic rings. The van der Waals surface area contributed by atoms with Crippen molar-refractivity contribution in [3.05, 3.63) is 120 Å². The van der Waals surface area contributed by atoms with Gasteiger partial charge in [-0.3, -0.25) is 28.8 Å². The van der Waals surface area contributed by atoms with Crippen LogP contribution in [0.25, 0.3) is 0 Å². The first-order valence-corrected chi connectivity index (χ1v) is 20.0. The normalized spacial score (nSPS) is 13.2. The molecule has 555 valence electrons. The van der Waals surface area contributed by atoms with Crippen LogP contribution in [0.5, 0.6) is 0 Å². The summed E-state index contributed by atoms with van der Waals surface area (Å²) < 4.78 is 407. The molecule has 2 rings (SSSR count). The second kappa shape index (κ2) is 42.1. The Bertz CT molecular complexity index is 2440. The van der Waals surface area contributed by atoms with Crippen molar-refractivity contribution in [2.24, 2.45) is 0 Å². The number of carbonyl (C=O) groups is 6. The van der Waals surface area contributed by atoms with Gasteiger partial charge in [-0.2, -0.15) is 158 Å². The molecule has 0 unspecified atom stereocenters. The van der Waals surface area contributed by atoms with Gasteiger partial charge in [-0.15, -0.1) is 0 Å². The van der Waals surface area contributed by atoms with Crippen LogP contribution >= 0.6 is 0 Å². The number of ketones is 6. The molecule has 0 atom stereocenters. The molecule has 95 heavy (non-hydrogen) atoms. The van der Waals surface area contributed by atoms with Crippen molar-refractivity contribution in [1.29, 1.82) is 0 Å². The molecule has 2 aromatic heterocycles. The molecule has 55 heteroatoms. The molecule has 0 spiro atoms. The fourth-order valence-corrected chi connectivity index (χ4v) is 2.41. The summed E-state index contributed by atoms with van der Waals surface area (Å²) in [5.41, 5.74) is 2.02. The Hall–Kier alpha value is -7.54. The van der Waals surface area contributed by atoms with Crippen LogP contribution in [0.15, 0.2) is 108 Å². The van der Waals surface area contributed by atoms with Crippen LogP contribution in [0.1, 0.15) is 11.4 Å². The van der Waals surface area contributed by atoms with Gasteiger partial charge in [0.25, 0.3) is 34.7 Å². The second-order valence-electron chi connectivity index (χ2n) is 13.9. The summed E-state index contributed by atoms with van der Waals surface area (Å²) in [6.45, 7) is 3.86. The van der Waals surface area contributed by atoms with Crippen molar-refractivity contribution < 1.29 is 269 Å². The van der Waals surface area contributed by atoms with Crippen molar-refractivity contribution in [2.75, 3.05) is 0 Å². The Morgan fingerprint density at radius 3 is 0.432 bits per heavy atom. The number of hydrogen-bond acceptors (Lipinski definition) is 16. The molecule has 16 nitrogen and oxygen atoms in total. The quantitative estimate of drug-likeness (QED) is 0.120. The Kier molecular flexibility index (Phi) is 47.1. The summed E-state index contributed by atoms with van der Waals surface area (Å²) in [6.07, 6.45) is -65.1. The van der Waals surface area contributed by atoms with E-state index < -0.39 is 180 Å². The minimum Gasteiger partial charge on any atom is -0.869 e. The van der Waals surface area contributed by atoms with Gasteiger partial charge >= 0.3 is 125 Å². The van der Waals surface area contributed by atoms with Gasteiger partial charge in [-0.1, -0.05) is 0 Å². The van der Waals surface area contributed by atoms with E-state index in [-0.39, 0.29) is 51.2 Å². The summed E-state index contributed by atoms with van der Waals surface area (Å²) in [6, 6.07) is 3.72. The van der Waals surface area contributed by atoms with Crippen LogP contribution in [-0.4, -0.2) is 129 Å². The molecule has 0 aliphatic heterocycles. The molecule has 3 radical (unpaired) electrons. The average molecular weight is 1620 g/mol. The molecule has 0 bridgehead atoms. The molecule has 2 heterocycles. The maximum atomic E-state index is 11.3. The minimum atomic E-state index is -5.46. The molecule has 0 saturated carbocycles. The fourth-order valence-electron chi connectivity index (χ4n) is 2.41. The standard InChI is InChI=1S/6C5H2F6O2.2C5H6N2.3Cu/c6*6-4(7,8)2(12)1-3(13)5(9,10)11;2*1-5-2-3-6-4-7-5;;;/h6*1,12H;2*2-4H,1H3;;;/q;;;;;;;;3*+2/p-6/b6*2-1-;;;;;. The minimum absolute atomic E-state index is 0. The maximum Gasteiger partial charge on any atom is 2.00 e. The van der Waals surface area contributed by atoms with E-state index in [0.717, 1.165) is 11.4 Å². The van der Waals surface area contributed by atoms with E-state index in [9.17, 15) is 217 Å².